The number of hydrogen-bond acceptors (Lipinski definition) is 9. The van der Waals surface area contributed by atoms with Gasteiger partial charge >= 0.3 is 12.2 Å². The van der Waals surface area contributed by atoms with Crippen molar-refractivity contribution in [2.45, 2.75) is 25.9 Å². The lowest BCUT2D eigenvalue weighted by Crippen LogP contribution is -2.37. The Bertz CT molecular complexity index is 2050. The summed E-state index contributed by atoms with van der Waals surface area (Å²) in [5.74, 6) is 0.0776. The van der Waals surface area contributed by atoms with Crippen molar-refractivity contribution in [3.05, 3.63) is 125 Å². The van der Waals surface area contributed by atoms with Crippen LogP contribution in [-0.4, -0.2) is 89.3 Å². The Kier molecular flexibility index (Phi) is 10.8. The number of aromatic hydroxyl groups is 1. The van der Waals surface area contributed by atoms with Gasteiger partial charge < -0.3 is 28.8 Å². The number of rotatable bonds is 7. The molecule has 1 N–H and O–H groups in total. The molecule has 2 aliphatic heterocycles. The predicted molar refractivity (Wildman–Crippen MR) is 197 cm³/mol. The molecule has 1 aromatic heterocycles. The molecular weight excluding hydrogens is 660 g/mol. The molecule has 0 radical (unpaired) electrons. The number of carbonyl (C=O) groups excluding carboxylic acids is 2. The van der Waals surface area contributed by atoms with Crippen LogP contribution >= 0.6 is 0 Å². The quantitative estimate of drug-likeness (QED) is 0.201. The molecule has 3 heterocycles. The number of nitrogens with zero attached hydrogens (tertiary/aromatic N) is 4. The molecule has 7 rings (SSSR count). The fraction of sp³-hybridized carbons (Fsp3) is 0.293. The number of ether oxygens (including phenoxy) is 2. The molecule has 0 aliphatic carbocycles. The van der Waals surface area contributed by atoms with E-state index in [0.29, 0.717) is 44.0 Å². The second-order valence-corrected chi connectivity index (χ2v) is 13.3. The van der Waals surface area contributed by atoms with Crippen LogP contribution in [0.1, 0.15) is 24.0 Å². The average Bonchev–Trinajstić information content (AvgIpc) is 3.54. The maximum absolute atomic E-state index is 13.5. The zero-order valence-electron chi connectivity index (χ0n) is 29.0. The van der Waals surface area contributed by atoms with Gasteiger partial charge in [-0.15, -0.1) is 0 Å². The van der Waals surface area contributed by atoms with Gasteiger partial charge in [0.25, 0.3) is 0 Å². The van der Waals surface area contributed by atoms with E-state index in [2.05, 4.69) is 34.1 Å². The summed E-state index contributed by atoms with van der Waals surface area (Å²) >= 11 is 0. The Morgan fingerprint density at radius 2 is 1.17 bits per heavy atom. The first-order valence-corrected chi connectivity index (χ1v) is 17.7. The van der Waals surface area contributed by atoms with Crippen LogP contribution in [-0.2, 0) is 13.1 Å². The summed E-state index contributed by atoms with van der Waals surface area (Å²) in [5, 5.41) is 10.9. The van der Waals surface area contributed by atoms with Gasteiger partial charge in [-0.1, -0.05) is 72.8 Å². The van der Waals surface area contributed by atoms with E-state index in [1.807, 2.05) is 36.4 Å². The Morgan fingerprint density at radius 3 is 1.73 bits per heavy atom. The molecule has 0 bridgehead atoms. The lowest BCUT2D eigenvalue weighted by atomic mass is 10.0. The normalized spacial score (nSPS) is 15.9. The molecule has 268 valence electrons. The van der Waals surface area contributed by atoms with Gasteiger partial charge in [0.2, 0.25) is 5.43 Å². The third kappa shape index (κ3) is 8.44. The second-order valence-electron chi connectivity index (χ2n) is 13.3. The first-order valence-electron chi connectivity index (χ1n) is 17.7. The van der Waals surface area contributed by atoms with E-state index < -0.39 is 17.6 Å². The lowest BCUT2D eigenvalue weighted by Gasteiger charge is -2.21. The highest BCUT2D eigenvalue weighted by atomic mass is 16.6. The van der Waals surface area contributed by atoms with Gasteiger partial charge in [0.15, 0.2) is 0 Å². The molecule has 11 nitrogen and oxygen atoms in total. The molecule has 52 heavy (non-hydrogen) atoms. The van der Waals surface area contributed by atoms with Crippen molar-refractivity contribution < 1.29 is 28.6 Å². The van der Waals surface area contributed by atoms with Crippen molar-refractivity contribution in [1.82, 2.24) is 19.6 Å². The van der Waals surface area contributed by atoms with Crippen molar-refractivity contribution in [1.29, 1.82) is 0 Å². The van der Waals surface area contributed by atoms with Gasteiger partial charge in [-0.25, -0.2) is 9.59 Å². The summed E-state index contributed by atoms with van der Waals surface area (Å²) in [7, 11) is 0. The molecule has 0 unspecified atom stereocenters. The third-order valence-corrected chi connectivity index (χ3v) is 9.60. The van der Waals surface area contributed by atoms with Gasteiger partial charge in [0.1, 0.15) is 34.5 Å². The van der Waals surface area contributed by atoms with Gasteiger partial charge in [0.05, 0.1) is 5.56 Å². The Balaban J connectivity index is 0.957. The van der Waals surface area contributed by atoms with Crippen LogP contribution in [0.2, 0.25) is 0 Å². The lowest BCUT2D eigenvalue weighted by molar-refractivity contribution is 0.152. The van der Waals surface area contributed by atoms with Crippen LogP contribution in [0.4, 0.5) is 9.59 Å². The van der Waals surface area contributed by atoms with Crippen molar-refractivity contribution in [3.63, 3.8) is 0 Å². The molecule has 2 saturated heterocycles. The first-order chi connectivity index (χ1) is 25.4. The highest BCUT2D eigenvalue weighted by molar-refractivity contribution is 5.88. The Hall–Kier alpha value is -5.65. The number of phenolic OH excluding ortho intramolecular Hbond substituents is 1. The molecular formula is C41H42N4O7. The minimum Gasteiger partial charge on any atom is -0.507 e. The van der Waals surface area contributed by atoms with Crippen LogP contribution in [0.5, 0.6) is 17.2 Å². The fourth-order valence-electron chi connectivity index (χ4n) is 6.81. The molecule has 4 aromatic carbocycles. The largest absolute Gasteiger partial charge is 0.507 e. The number of hydrogen-bond donors (Lipinski definition) is 1. The van der Waals surface area contributed by atoms with E-state index in [1.165, 1.54) is 29.5 Å². The Morgan fingerprint density at radius 1 is 0.635 bits per heavy atom. The summed E-state index contributed by atoms with van der Waals surface area (Å²) < 4.78 is 17.1. The van der Waals surface area contributed by atoms with E-state index in [9.17, 15) is 19.5 Å². The molecule has 2 fully saturated rings. The third-order valence-electron chi connectivity index (χ3n) is 9.60. The maximum Gasteiger partial charge on any atom is 0.415 e. The zero-order valence-corrected chi connectivity index (χ0v) is 29.0. The van der Waals surface area contributed by atoms with Crippen molar-refractivity contribution in [3.8, 4) is 28.4 Å². The number of phenols is 1. The van der Waals surface area contributed by atoms with Crippen LogP contribution in [0, 0.1) is 0 Å². The molecule has 5 aromatic rings. The monoisotopic (exact) mass is 702 g/mol. The van der Waals surface area contributed by atoms with Gasteiger partial charge in [-0.05, 0) is 41.7 Å². The zero-order chi connectivity index (χ0) is 35.9. The highest BCUT2D eigenvalue weighted by Gasteiger charge is 2.24. The molecule has 0 atom stereocenters. The standard InChI is InChI=1S/C41H42N4O7/c46-36-25-34(52-41(49)45-20-8-18-43(22-24-45)28-31-11-5-2-6-12-31)26-37-38(36)39(47)35(29-50-37)32-13-15-33(16-14-32)51-40(48)44-19-7-17-42(21-23-44)27-30-9-3-1-4-10-30/h1-6,9-16,25-26,29,46H,7-8,17-24,27-28H2. The molecule has 0 spiro atoms. The molecule has 2 aliphatic rings. The maximum atomic E-state index is 13.5. The van der Waals surface area contributed by atoms with Gasteiger partial charge in [-0.2, -0.15) is 0 Å². The number of carbonyl (C=O) groups is 2. The average molecular weight is 703 g/mol. The summed E-state index contributed by atoms with van der Waals surface area (Å²) in [6.45, 7) is 7.12. The van der Waals surface area contributed by atoms with Crippen LogP contribution in [0.25, 0.3) is 22.1 Å². The van der Waals surface area contributed by atoms with Crippen molar-refractivity contribution >= 4 is 23.2 Å². The fourth-order valence-corrected chi connectivity index (χ4v) is 6.81. The molecule has 11 heteroatoms. The van der Waals surface area contributed by atoms with Crippen LogP contribution in [0.3, 0.4) is 0 Å². The number of amides is 2. The minimum absolute atomic E-state index is 0.0263. The smallest absolute Gasteiger partial charge is 0.415 e. The summed E-state index contributed by atoms with van der Waals surface area (Å²) in [4.78, 5) is 47.7. The van der Waals surface area contributed by atoms with Crippen molar-refractivity contribution in [2.24, 2.45) is 0 Å². The van der Waals surface area contributed by atoms with E-state index >= 15 is 0 Å². The SMILES string of the molecule is O=C(Oc1ccc(-c2coc3cc(OC(=O)N4CCCN(Cc5ccccc5)CC4)cc(O)c3c2=O)cc1)N1CCCN(Cc2ccccc2)CC1. The van der Waals surface area contributed by atoms with Gasteiger partial charge in [0, 0.05) is 77.6 Å². The van der Waals surface area contributed by atoms with Gasteiger partial charge in [-0.3, -0.25) is 14.6 Å². The second kappa shape index (κ2) is 16.1. The summed E-state index contributed by atoms with van der Waals surface area (Å²) in [5.41, 5.74) is 2.86. The number of benzene rings is 4. The molecule has 0 saturated carbocycles. The first kappa shape index (κ1) is 34.8. The summed E-state index contributed by atoms with van der Waals surface area (Å²) in [6.07, 6.45) is 2.02. The van der Waals surface area contributed by atoms with Crippen LogP contribution < -0.4 is 14.9 Å². The Labute approximate surface area is 302 Å². The summed E-state index contributed by atoms with van der Waals surface area (Å²) in [6, 6.07) is 29.8. The topological polar surface area (TPSA) is 116 Å². The van der Waals surface area contributed by atoms with E-state index in [1.54, 1.807) is 34.1 Å². The van der Waals surface area contributed by atoms with Crippen molar-refractivity contribution in [2.75, 3.05) is 52.4 Å². The van der Waals surface area contributed by atoms with E-state index in [-0.39, 0.29) is 28.0 Å². The van der Waals surface area contributed by atoms with E-state index in [0.717, 1.165) is 45.6 Å². The molecule has 2 amide bonds. The number of fused-ring (bicyclic) bond motifs is 1. The van der Waals surface area contributed by atoms with Crippen LogP contribution in [0.15, 0.2) is 113 Å². The minimum atomic E-state index is -0.527. The predicted octanol–water partition coefficient (Wildman–Crippen LogP) is 6.58. The highest BCUT2D eigenvalue weighted by Crippen LogP contribution is 2.31. The van der Waals surface area contributed by atoms with E-state index in [4.69, 9.17) is 13.9 Å².